The van der Waals surface area contributed by atoms with Gasteiger partial charge in [-0.25, -0.2) is 23.1 Å². The number of nitrogens with zero attached hydrogens (tertiary/aromatic N) is 5. The van der Waals surface area contributed by atoms with Crippen LogP contribution < -0.4 is 0 Å². The van der Waals surface area contributed by atoms with Crippen LogP contribution in [0.4, 0.5) is 0 Å². The normalized spacial score (nSPS) is 19.1. The molecule has 1 fully saturated rings. The van der Waals surface area contributed by atoms with Crippen LogP contribution in [0.2, 0.25) is 5.02 Å². The van der Waals surface area contributed by atoms with E-state index in [2.05, 4.69) is 15.1 Å². The first kappa shape index (κ1) is 17.4. The fourth-order valence-corrected chi connectivity index (χ4v) is 5.47. The lowest BCUT2D eigenvalue weighted by molar-refractivity contribution is 0.312. The highest BCUT2D eigenvalue weighted by Gasteiger charge is 2.34. The minimum absolute atomic E-state index is 0.0265. The third-order valence-corrected chi connectivity index (χ3v) is 7.08. The smallest absolute Gasteiger partial charge is 0.244 e. The molecule has 0 unspecified atom stereocenters. The van der Waals surface area contributed by atoms with Crippen LogP contribution in [0.25, 0.3) is 11.2 Å². The maximum atomic E-state index is 13.0. The monoisotopic (exact) mass is 391 g/mol. The number of fused-ring (bicyclic) bond motifs is 1. The zero-order valence-corrected chi connectivity index (χ0v) is 15.8. The summed E-state index contributed by atoms with van der Waals surface area (Å²) in [5.41, 5.74) is 2.24. The van der Waals surface area contributed by atoms with Crippen molar-refractivity contribution in [2.45, 2.75) is 23.7 Å². The van der Waals surface area contributed by atoms with E-state index in [1.165, 1.54) is 4.31 Å². The molecule has 3 heterocycles. The second-order valence-electron chi connectivity index (χ2n) is 6.37. The zero-order valence-electron chi connectivity index (χ0n) is 14.2. The summed E-state index contributed by atoms with van der Waals surface area (Å²) in [7, 11) is -1.83. The quantitative estimate of drug-likeness (QED) is 0.685. The van der Waals surface area contributed by atoms with Crippen LogP contribution in [0, 0.1) is 0 Å². The van der Waals surface area contributed by atoms with E-state index in [4.69, 9.17) is 11.6 Å². The lowest BCUT2D eigenvalue weighted by atomic mass is 9.96. The predicted octanol–water partition coefficient (Wildman–Crippen LogP) is 2.59. The molecule has 1 aromatic carbocycles. The molecule has 9 heteroatoms. The molecule has 3 aromatic rings. The highest BCUT2D eigenvalue weighted by Crippen LogP contribution is 2.33. The molecule has 0 spiro atoms. The van der Waals surface area contributed by atoms with Crippen molar-refractivity contribution in [1.29, 1.82) is 0 Å². The average molecular weight is 392 g/mol. The fourth-order valence-electron chi connectivity index (χ4n) is 3.46. The fraction of sp³-hybridized carbons (Fsp3) is 0.353. The molecule has 1 aliphatic heterocycles. The van der Waals surface area contributed by atoms with Gasteiger partial charge in [0.1, 0.15) is 10.4 Å². The maximum absolute atomic E-state index is 13.0. The van der Waals surface area contributed by atoms with Gasteiger partial charge in [-0.05, 0) is 25.0 Å². The van der Waals surface area contributed by atoms with Gasteiger partial charge >= 0.3 is 0 Å². The van der Waals surface area contributed by atoms with Gasteiger partial charge in [0, 0.05) is 38.4 Å². The summed E-state index contributed by atoms with van der Waals surface area (Å²) in [6.45, 7) is 0.830. The van der Waals surface area contributed by atoms with Gasteiger partial charge in [0.05, 0.1) is 10.7 Å². The van der Waals surface area contributed by atoms with Crippen molar-refractivity contribution in [3.05, 3.63) is 47.4 Å². The molecule has 0 N–H and O–H groups in total. The Morgan fingerprint density at radius 1 is 1.19 bits per heavy atom. The van der Waals surface area contributed by atoms with Crippen LogP contribution in [0.5, 0.6) is 0 Å². The van der Waals surface area contributed by atoms with Crippen molar-refractivity contribution >= 4 is 32.8 Å². The van der Waals surface area contributed by atoms with Gasteiger partial charge in [0.25, 0.3) is 0 Å². The van der Waals surface area contributed by atoms with E-state index >= 15 is 0 Å². The standard InChI is InChI=1S/C17H18ClN5O2S/c1-22-17-16(19-8-9-20-17)15(21-22)12-5-4-10-23(11-12)26(24,25)14-7-3-2-6-13(14)18/h2-3,6-9,12H,4-5,10-11H2,1H3/t12-/m1/s1. The van der Waals surface area contributed by atoms with Gasteiger partial charge in [-0.15, -0.1) is 0 Å². The lowest BCUT2D eigenvalue weighted by Crippen LogP contribution is -2.39. The molecule has 1 aliphatic rings. The molecule has 0 radical (unpaired) electrons. The van der Waals surface area contributed by atoms with Crippen molar-refractivity contribution in [3.8, 4) is 0 Å². The van der Waals surface area contributed by atoms with E-state index in [0.717, 1.165) is 24.1 Å². The summed E-state index contributed by atoms with van der Waals surface area (Å²) >= 11 is 6.12. The molecule has 7 nitrogen and oxygen atoms in total. The first-order valence-corrected chi connectivity index (χ1v) is 10.2. The number of hydrogen-bond acceptors (Lipinski definition) is 5. The van der Waals surface area contributed by atoms with E-state index in [-0.39, 0.29) is 15.8 Å². The summed E-state index contributed by atoms with van der Waals surface area (Å²) < 4.78 is 29.3. The first-order chi connectivity index (χ1) is 12.5. The van der Waals surface area contributed by atoms with E-state index in [1.807, 2.05) is 7.05 Å². The Kier molecular flexibility index (Phi) is 4.42. The van der Waals surface area contributed by atoms with Crippen molar-refractivity contribution < 1.29 is 8.42 Å². The summed E-state index contributed by atoms with van der Waals surface area (Å²) in [6.07, 6.45) is 4.88. The molecule has 136 valence electrons. The van der Waals surface area contributed by atoms with Gasteiger partial charge < -0.3 is 0 Å². The maximum Gasteiger partial charge on any atom is 0.244 e. The van der Waals surface area contributed by atoms with Crippen LogP contribution >= 0.6 is 11.6 Å². The Bertz CT molecular complexity index is 1070. The Labute approximate surface area is 156 Å². The number of halogens is 1. The third kappa shape index (κ3) is 2.87. The van der Waals surface area contributed by atoms with Crippen molar-refractivity contribution in [3.63, 3.8) is 0 Å². The molecule has 1 atom stereocenters. The summed E-state index contributed by atoms with van der Waals surface area (Å²) in [4.78, 5) is 8.86. The van der Waals surface area contributed by atoms with Gasteiger partial charge in [0.2, 0.25) is 10.0 Å². The second kappa shape index (κ2) is 6.61. The van der Waals surface area contributed by atoms with Gasteiger partial charge in [-0.2, -0.15) is 9.40 Å². The van der Waals surface area contributed by atoms with E-state index in [0.29, 0.717) is 18.7 Å². The molecule has 1 saturated heterocycles. The molecule has 26 heavy (non-hydrogen) atoms. The van der Waals surface area contributed by atoms with E-state index in [1.54, 1.807) is 41.3 Å². The highest BCUT2D eigenvalue weighted by molar-refractivity contribution is 7.89. The SMILES string of the molecule is Cn1nc([C@@H]2CCCN(S(=O)(=O)c3ccccc3Cl)C2)c2nccnc21. The second-order valence-corrected chi connectivity index (χ2v) is 8.68. The number of aryl methyl sites for hydroxylation is 1. The molecule has 4 rings (SSSR count). The Morgan fingerprint density at radius 2 is 1.96 bits per heavy atom. The van der Waals surface area contributed by atoms with Gasteiger partial charge in [-0.3, -0.25) is 0 Å². The molecule has 0 amide bonds. The molecule has 2 aromatic heterocycles. The molecule has 0 saturated carbocycles. The Morgan fingerprint density at radius 3 is 2.77 bits per heavy atom. The number of benzene rings is 1. The molecular formula is C17H18ClN5O2S. The number of piperidine rings is 1. The zero-order chi connectivity index (χ0) is 18.3. The lowest BCUT2D eigenvalue weighted by Gasteiger charge is -2.31. The summed E-state index contributed by atoms with van der Waals surface area (Å²) in [6, 6.07) is 6.54. The highest BCUT2D eigenvalue weighted by atomic mass is 35.5. The summed E-state index contributed by atoms with van der Waals surface area (Å²) in [5.74, 6) is -0.0265. The minimum Gasteiger partial charge on any atom is -0.249 e. The minimum atomic E-state index is -3.65. The number of hydrogen-bond donors (Lipinski definition) is 0. The van der Waals surface area contributed by atoms with Crippen LogP contribution in [-0.4, -0.2) is 45.6 Å². The van der Waals surface area contributed by atoms with Crippen LogP contribution in [0.3, 0.4) is 0 Å². The number of rotatable bonds is 3. The average Bonchev–Trinajstić information content (AvgIpc) is 2.99. The van der Waals surface area contributed by atoms with Crippen LogP contribution in [-0.2, 0) is 17.1 Å². The van der Waals surface area contributed by atoms with Gasteiger partial charge in [-0.1, -0.05) is 23.7 Å². The van der Waals surface area contributed by atoms with Gasteiger partial charge in [0.15, 0.2) is 5.65 Å². The Balaban J connectivity index is 1.69. The van der Waals surface area contributed by atoms with Crippen molar-refractivity contribution in [2.24, 2.45) is 7.05 Å². The van der Waals surface area contributed by atoms with E-state index in [9.17, 15) is 8.42 Å². The largest absolute Gasteiger partial charge is 0.249 e. The third-order valence-electron chi connectivity index (χ3n) is 4.71. The number of sulfonamides is 1. The first-order valence-electron chi connectivity index (χ1n) is 8.37. The predicted molar refractivity (Wildman–Crippen MR) is 98.5 cm³/mol. The number of aromatic nitrogens is 4. The molecule has 0 aliphatic carbocycles. The molecular weight excluding hydrogens is 374 g/mol. The van der Waals surface area contributed by atoms with Crippen LogP contribution in [0.15, 0.2) is 41.6 Å². The summed E-state index contributed by atoms with van der Waals surface area (Å²) in [5, 5.41) is 4.80. The van der Waals surface area contributed by atoms with Crippen molar-refractivity contribution in [2.75, 3.05) is 13.1 Å². The van der Waals surface area contributed by atoms with E-state index < -0.39 is 10.0 Å². The van der Waals surface area contributed by atoms with Crippen LogP contribution in [0.1, 0.15) is 24.5 Å². The van der Waals surface area contributed by atoms with Crippen molar-refractivity contribution in [1.82, 2.24) is 24.1 Å². The molecule has 0 bridgehead atoms. The Hall–Kier alpha value is -2.03. The topological polar surface area (TPSA) is 81.0 Å².